The summed E-state index contributed by atoms with van der Waals surface area (Å²) >= 11 is 8.03. The highest BCUT2D eigenvalue weighted by atomic mass is 35.5. The van der Waals surface area contributed by atoms with Gasteiger partial charge in [-0.05, 0) is 73.2 Å². The SMILES string of the molecule is Cc1nc(Cl)c(-c2cc(C3(c4cccc(C(N)=O)c4C)CC3)c3cccnc3c2)s1. The third kappa shape index (κ3) is 2.92. The van der Waals surface area contributed by atoms with Gasteiger partial charge in [-0.3, -0.25) is 9.78 Å². The van der Waals surface area contributed by atoms with Crippen molar-refractivity contribution in [2.75, 3.05) is 0 Å². The maximum Gasteiger partial charge on any atom is 0.248 e. The van der Waals surface area contributed by atoms with E-state index in [0.29, 0.717) is 10.7 Å². The fraction of sp³-hybridized carbons (Fsp3) is 0.208. The second kappa shape index (κ2) is 6.89. The number of carbonyl (C=O) groups is 1. The minimum Gasteiger partial charge on any atom is -0.366 e. The Bertz CT molecular complexity index is 1320. The van der Waals surface area contributed by atoms with Crippen molar-refractivity contribution >= 4 is 39.7 Å². The summed E-state index contributed by atoms with van der Waals surface area (Å²) in [6.07, 6.45) is 3.84. The Kier molecular flexibility index (Phi) is 4.42. The second-order valence-electron chi connectivity index (χ2n) is 7.87. The van der Waals surface area contributed by atoms with Crippen LogP contribution in [0, 0.1) is 13.8 Å². The summed E-state index contributed by atoms with van der Waals surface area (Å²) in [6, 6.07) is 14.2. The summed E-state index contributed by atoms with van der Waals surface area (Å²) in [7, 11) is 0. The van der Waals surface area contributed by atoms with Crippen molar-refractivity contribution in [2.45, 2.75) is 32.1 Å². The molecule has 1 aliphatic rings. The van der Waals surface area contributed by atoms with Crippen molar-refractivity contribution in [3.8, 4) is 10.4 Å². The first-order valence-electron chi connectivity index (χ1n) is 9.83. The number of aromatic nitrogens is 2. The molecule has 2 N–H and O–H groups in total. The van der Waals surface area contributed by atoms with E-state index >= 15 is 0 Å². The first-order chi connectivity index (χ1) is 14.4. The molecular formula is C24H20ClN3OS. The Morgan fingerprint density at radius 1 is 1.13 bits per heavy atom. The van der Waals surface area contributed by atoms with Crippen LogP contribution < -0.4 is 5.73 Å². The number of carbonyl (C=O) groups excluding carboxylic acids is 1. The molecule has 4 nitrogen and oxygen atoms in total. The summed E-state index contributed by atoms with van der Waals surface area (Å²) in [5, 5.41) is 2.58. The van der Waals surface area contributed by atoms with E-state index in [1.165, 1.54) is 5.56 Å². The first kappa shape index (κ1) is 19.2. The van der Waals surface area contributed by atoms with E-state index in [2.05, 4.69) is 34.2 Å². The number of nitrogens with zero attached hydrogens (tertiary/aromatic N) is 2. The molecule has 0 spiro atoms. The van der Waals surface area contributed by atoms with Gasteiger partial charge < -0.3 is 5.73 Å². The second-order valence-corrected chi connectivity index (χ2v) is 9.43. The monoisotopic (exact) mass is 433 g/mol. The number of amides is 1. The molecule has 0 radical (unpaired) electrons. The third-order valence-electron chi connectivity index (χ3n) is 6.06. The number of nitrogens with two attached hydrogens (primary N) is 1. The summed E-state index contributed by atoms with van der Waals surface area (Å²) < 4.78 is 0. The van der Waals surface area contributed by atoms with Gasteiger partial charge in [0.1, 0.15) is 5.15 Å². The van der Waals surface area contributed by atoms with Gasteiger partial charge in [0.05, 0.1) is 15.4 Å². The van der Waals surface area contributed by atoms with Gasteiger partial charge in [-0.1, -0.05) is 29.8 Å². The summed E-state index contributed by atoms with van der Waals surface area (Å²) in [5.74, 6) is -0.391. The van der Waals surface area contributed by atoms with E-state index in [1.807, 2.05) is 32.2 Å². The quantitative estimate of drug-likeness (QED) is 0.441. The average molecular weight is 434 g/mol. The van der Waals surface area contributed by atoms with Gasteiger partial charge in [0, 0.05) is 22.6 Å². The van der Waals surface area contributed by atoms with Gasteiger partial charge >= 0.3 is 0 Å². The van der Waals surface area contributed by atoms with Crippen molar-refractivity contribution in [2.24, 2.45) is 5.73 Å². The topological polar surface area (TPSA) is 68.9 Å². The van der Waals surface area contributed by atoms with Gasteiger partial charge in [0.25, 0.3) is 0 Å². The molecule has 1 saturated carbocycles. The van der Waals surface area contributed by atoms with Crippen LogP contribution in [0.25, 0.3) is 21.3 Å². The number of primary amides is 1. The van der Waals surface area contributed by atoms with Crippen LogP contribution in [0.3, 0.4) is 0 Å². The maximum absolute atomic E-state index is 11.9. The standard InChI is InChI=1S/C24H20ClN3OS/c1-13-16(23(26)29)5-3-7-18(13)24(8-9-24)19-11-15(21-22(25)28-14(2)30-21)12-20-17(19)6-4-10-27-20/h3-7,10-12H,8-9H2,1-2H3,(H2,26,29). The number of rotatable bonds is 4. The largest absolute Gasteiger partial charge is 0.366 e. The van der Waals surface area contributed by atoms with Crippen LogP contribution in [0.15, 0.2) is 48.7 Å². The number of benzene rings is 2. The fourth-order valence-electron chi connectivity index (χ4n) is 4.52. The van der Waals surface area contributed by atoms with Gasteiger partial charge in [0.15, 0.2) is 0 Å². The summed E-state index contributed by atoms with van der Waals surface area (Å²) in [4.78, 5) is 21.9. The Labute approximate surface area is 183 Å². The molecule has 0 saturated heterocycles. The minimum atomic E-state index is -0.391. The van der Waals surface area contributed by atoms with Gasteiger partial charge in [-0.15, -0.1) is 11.3 Å². The summed E-state index contributed by atoms with van der Waals surface area (Å²) in [6.45, 7) is 3.95. The fourth-order valence-corrected chi connectivity index (χ4v) is 5.72. The molecule has 0 aliphatic heterocycles. The van der Waals surface area contributed by atoms with Crippen LogP contribution in [0.2, 0.25) is 5.15 Å². The number of hydrogen-bond donors (Lipinski definition) is 1. The average Bonchev–Trinajstić information content (AvgIpc) is 3.45. The molecule has 0 atom stereocenters. The summed E-state index contributed by atoms with van der Waals surface area (Å²) in [5.41, 5.74) is 11.3. The molecule has 0 bridgehead atoms. The Morgan fingerprint density at radius 2 is 1.93 bits per heavy atom. The van der Waals surface area contributed by atoms with Crippen LogP contribution in [0.4, 0.5) is 0 Å². The molecule has 6 heteroatoms. The van der Waals surface area contributed by atoms with Crippen LogP contribution in [0.1, 0.15) is 44.9 Å². The molecule has 2 aromatic heterocycles. The highest BCUT2D eigenvalue weighted by Gasteiger charge is 2.48. The zero-order valence-electron chi connectivity index (χ0n) is 16.7. The number of thiazole rings is 1. The molecule has 2 aromatic carbocycles. The van der Waals surface area contributed by atoms with Crippen molar-refractivity contribution < 1.29 is 4.79 Å². The van der Waals surface area contributed by atoms with E-state index in [-0.39, 0.29) is 5.41 Å². The molecule has 5 rings (SSSR count). The smallest absolute Gasteiger partial charge is 0.248 e. The van der Waals surface area contributed by atoms with E-state index in [9.17, 15) is 4.79 Å². The lowest BCUT2D eigenvalue weighted by Crippen LogP contribution is -2.17. The van der Waals surface area contributed by atoms with Crippen molar-refractivity contribution in [3.63, 3.8) is 0 Å². The van der Waals surface area contributed by atoms with Crippen LogP contribution in [-0.4, -0.2) is 15.9 Å². The Hall–Kier alpha value is -2.76. The zero-order chi connectivity index (χ0) is 21.0. The number of hydrogen-bond acceptors (Lipinski definition) is 4. The van der Waals surface area contributed by atoms with E-state index in [4.69, 9.17) is 17.3 Å². The third-order valence-corrected chi connectivity index (χ3v) is 7.46. The van der Waals surface area contributed by atoms with Crippen LogP contribution in [-0.2, 0) is 5.41 Å². The molecule has 1 fully saturated rings. The van der Waals surface area contributed by atoms with Crippen molar-refractivity contribution in [1.82, 2.24) is 9.97 Å². The van der Waals surface area contributed by atoms with Crippen molar-refractivity contribution in [1.29, 1.82) is 0 Å². The van der Waals surface area contributed by atoms with Gasteiger partial charge in [0.2, 0.25) is 5.91 Å². The highest BCUT2D eigenvalue weighted by Crippen LogP contribution is 2.57. The molecular weight excluding hydrogens is 414 g/mol. The lowest BCUT2D eigenvalue weighted by molar-refractivity contribution is 0.0999. The minimum absolute atomic E-state index is 0.154. The number of fused-ring (bicyclic) bond motifs is 1. The molecule has 2 heterocycles. The predicted molar refractivity (Wildman–Crippen MR) is 122 cm³/mol. The van der Waals surface area contributed by atoms with Gasteiger partial charge in [-0.2, -0.15) is 0 Å². The molecule has 150 valence electrons. The Morgan fingerprint density at radius 3 is 2.60 bits per heavy atom. The van der Waals surface area contributed by atoms with E-state index in [1.54, 1.807) is 17.4 Å². The molecule has 1 aliphatic carbocycles. The number of halogens is 1. The zero-order valence-corrected chi connectivity index (χ0v) is 18.3. The molecule has 30 heavy (non-hydrogen) atoms. The molecule has 0 unspecified atom stereocenters. The first-order valence-corrected chi connectivity index (χ1v) is 11.0. The normalized spacial score (nSPS) is 14.8. The van der Waals surface area contributed by atoms with Gasteiger partial charge in [-0.25, -0.2) is 4.98 Å². The van der Waals surface area contributed by atoms with Crippen molar-refractivity contribution in [3.05, 3.63) is 81.1 Å². The number of pyridine rings is 1. The Balaban J connectivity index is 1.78. The molecule has 1 amide bonds. The highest BCUT2D eigenvalue weighted by molar-refractivity contribution is 7.15. The molecule has 4 aromatic rings. The predicted octanol–water partition coefficient (Wildman–Crippen LogP) is 5.81. The van der Waals surface area contributed by atoms with E-state index < -0.39 is 5.91 Å². The van der Waals surface area contributed by atoms with Crippen LogP contribution >= 0.6 is 22.9 Å². The van der Waals surface area contributed by atoms with E-state index in [0.717, 1.165) is 50.3 Å². The lowest BCUT2D eigenvalue weighted by atomic mass is 9.81. The maximum atomic E-state index is 11.9. The number of aryl methyl sites for hydroxylation is 1. The van der Waals surface area contributed by atoms with Crippen LogP contribution in [0.5, 0.6) is 0 Å². The lowest BCUT2D eigenvalue weighted by Gasteiger charge is -2.23.